The Bertz CT molecular complexity index is 1170. The van der Waals surface area contributed by atoms with Crippen LogP contribution in [0.15, 0.2) is 36.9 Å². The minimum absolute atomic E-state index is 0.0924. The maximum atomic E-state index is 13.5. The van der Waals surface area contributed by atoms with Gasteiger partial charge in [0, 0.05) is 39.6 Å². The van der Waals surface area contributed by atoms with E-state index in [0.717, 1.165) is 45.0 Å². The number of nitrogens with one attached hydrogen (secondary N) is 1. The second kappa shape index (κ2) is 11.3. The SMILES string of the molecule is CC(=O)N1CCC(C2(Cn3cncn3)CCN(C(=O)[C@@H](Cc3ccc(F)cc3)NS(C)(=O)=O)CC2)CC1. The van der Waals surface area contributed by atoms with Gasteiger partial charge in [0.2, 0.25) is 21.8 Å². The van der Waals surface area contributed by atoms with E-state index in [1.165, 1.54) is 18.5 Å². The van der Waals surface area contributed by atoms with Gasteiger partial charge in [0.05, 0.1) is 6.26 Å². The zero-order valence-electron chi connectivity index (χ0n) is 21.3. The number of sulfonamides is 1. The number of hydrogen-bond acceptors (Lipinski definition) is 6. The third-order valence-electron chi connectivity index (χ3n) is 7.83. The van der Waals surface area contributed by atoms with Crippen molar-refractivity contribution in [1.82, 2.24) is 29.3 Å². The molecule has 0 aliphatic carbocycles. The Morgan fingerprint density at radius 2 is 1.76 bits per heavy atom. The van der Waals surface area contributed by atoms with Crippen LogP contribution in [0.3, 0.4) is 0 Å². The number of benzene rings is 1. The largest absolute Gasteiger partial charge is 0.343 e. The first kappa shape index (κ1) is 27.2. The van der Waals surface area contributed by atoms with Crippen LogP contribution in [0.4, 0.5) is 4.39 Å². The molecule has 0 saturated carbocycles. The lowest BCUT2D eigenvalue weighted by molar-refractivity contribution is -0.138. The van der Waals surface area contributed by atoms with Crippen LogP contribution in [-0.4, -0.2) is 83.3 Å². The zero-order chi connectivity index (χ0) is 26.6. The van der Waals surface area contributed by atoms with Gasteiger partial charge in [0.15, 0.2) is 0 Å². The van der Waals surface area contributed by atoms with Crippen LogP contribution in [0.5, 0.6) is 0 Å². The maximum Gasteiger partial charge on any atom is 0.241 e. The van der Waals surface area contributed by atoms with Gasteiger partial charge >= 0.3 is 0 Å². The van der Waals surface area contributed by atoms with Crippen molar-refractivity contribution in [3.8, 4) is 0 Å². The fourth-order valence-corrected chi connectivity index (χ4v) is 6.53. The normalized spacial score (nSPS) is 19.5. The van der Waals surface area contributed by atoms with E-state index >= 15 is 0 Å². The lowest BCUT2D eigenvalue weighted by atomic mass is 9.65. The lowest BCUT2D eigenvalue weighted by Crippen LogP contribution is -2.55. The fourth-order valence-electron chi connectivity index (χ4n) is 5.83. The monoisotopic (exact) mass is 534 g/mol. The molecule has 1 atom stereocenters. The van der Waals surface area contributed by atoms with Crippen LogP contribution in [0, 0.1) is 17.2 Å². The molecule has 2 saturated heterocycles. The number of carbonyl (C=O) groups is 2. The van der Waals surface area contributed by atoms with Crippen molar-refractivity contribution in [2.45, 2.75) is 51.6 Å². The molecule has 2 aliphatic rings. The van der Waals surface area contributed by atoms with Crippen molar-refractivity contribution in [1.29, 1.82) is 0 Å². The number of hydrogen-bond donors (Lipinski definition) is 1. The molecule has 1 aromatic carbocycles. The van der Waals surface area contributed by atoms with Crippen molar-refractivity contribution in [3.63, 3.8) is 0 Å². The molecule has 4 rings (SSSR count). The molecule has 1 aromatic heterocycles. The molecular formula is C25H35FN6O4S. The van der Waals surface area contributed by atoms with E-state index in [1.54, 1.807) is 30.3 Å². The minimum Gasteiger partial charge on any atom is -0.343 e. The molecule has 0 spiro atoms. The number of aromatic nitrogens is 3. The summed E-state index contributed by atoms with van der Waals surface area (Å²) >= 11 is 0. The molecular weight excluding hydrogens is 499 g/mol. The van der Waals surface area contributed by atoms with Crippen LogP contribution in [0.1, 0.15) is 38.2 Å². The van der Waals surface area contributed by atoms with Gasteiger partial charge in [-0.1, -0.05) is 12.1 Å². The van der Waals surface area contributed by atoms with E-state index in [4.69, 9.17) is 0 Å². The minimum atomic E-state index is -3.64. The topological polar surface area (TPSA) is 118 Å². The highest BCUT2D eigenvalue weighted by Crippen LogP contribution is 2.45. The summed E-state index contributed by atoms with van der Waals surface area (Å²) in [6.45, 7) is 4.71. The summed E-state index contributed by atoms with van der Waals surface area (Å²) in [5.74, 6) is -0.212. The van der Waals surface area contributed by atoms with Crippen LogP contribution < -0.4 is 4.72 Å². The zero-order valence-corrected chi connectivity index (χ0v) is 22.2. The van der Waals surface area contributed by atoms with E-state index in [-0.39, 0.29) is 23.7 Å². The Morgan fingerprint density at radius 1 is 1.11 bits per heavy atom. The molecule has 2 fully saturated rings. The quantitative estimate of drug-likeness (QED) is 0.548. The second-order valence-corrected chi connectivity index (χ2v) is 12.1. The van der Waals surface area contributed by atoms with Crippen molar-refractivity contribution in [3.05, 3.63) is 48.3 Å². The van der Waals surface area contributed by atoms with Crippen molar-refractivity contribution < 1.29 is 22.4 Å². The van der Waals surface area contributed by atoms with E-state index in [0.29, 0.717) is 31.1 Å². The van der Waals surface area contributed by atoms with E-state index in [9.17, 15) is 22.4 Å². The molecule has 202 valence electrons. The maximum absolute atomic E-state index is 13.5. The Morgan fingerprint density at radius 3 is 2.30 bits per heavy atom. The Kier molecular flexibility index (Phi) is 8.27. The highest BCUT2D eigenvalue weighted by Gasteiger charge is 2.44. The van der Waals surface area contributed by atoms with E-state index in [2.05, 4.69) is 14.8 Å². The molecule has 1 N–H and O–H groups in total. The molecule has 10 nitrogen and oxygen atoms in total. The average molecular weight is 535 g/mol. The summed E-state index contributed by atoms with van der Waals surface area (Å²) in [6, 6.07) is 4.75. The number of rotatable bonds is 8. The van der Waals surface area contributed by atoms with Crippen LogP contribution in [-0.2, 0) is 32.6 Å². The smallest absolute Gasteiger partial charge is 0.241 e. The van der Waals surface area contributed by atoms with Crippen molar-refractivity contribution >= 4 is 21.8 Å². The first-order valence-corrected chi connectivity index (χ1v) is 14.5. The molecule has 37 heavy (non-hydrogen) atoms. The summed E-state index contributed by atoms with van der Waals surface area (Å²) in [7, 11) is -3.64. The molecule has 0 unspecified atom stereocenters. The van der Waals surface area contributed by atoms with Crippen molar-refractivity contribution in [2.75, 3.05) is 32.4 Å². The Hall–Kier alpha value is -2.86. The first-order chi connectivity index (χ1) is 17.5. The van der Waals surface area contributed by atoms with Crippen LogP contribution in [0.2, 0.25) is 0 Å². The first-order valence-electron chi connectivity index (χ1n) is 12.6. The van der Waals surface area contributed by atoms with E-state index < -0.39 is 21.9 Å². The molecule has 0 bridgehead atoms. The molecule has 2 aliphatic heterocycles. The molecule has 2 amide bonds. The van der Waals surface area contributed by atoms with Gasteiger partial charge in [-0.2, -0.15) is 5.10 Å². The van der Waals surface area contributed by atoms with E-state index in [1.807, 2.05) is 9.58 Å². The lowest BCUT2D eigenvalue weighted by Gasteiger charge is -2.49. The Labute approximate surface area is 217 Å². The van der Waals surface area contributed by atoms with Gasteiger partial charge < -0.3 is 9.80 Å². The number of halogens is 1. The van der Waals surface area contributed by atoms with Crippen LogP contribution >= 0.6 is 0 Å². The van der Waals surface area contributed by atoms with Gasteiger partial charge in [-0.15, -0.1) is 0 Å². The fraction of sp³-hybridized carbons (Fsp3) is 0.600. The predicted octanol–water partition coefficient (Wildman–Crippen LogP) is 1.45. The molecule has 0 radical (unpaired) electrons. The second-order valence-electron chi connectivity index (χ2n) is 10.3. The number of piperidine rings is 2. The summed E-state index contributed by atoms with van der Waals surface area (Å²) in [5.41, 5.74) is 0.565. The Balaban J connectivity index is 1.48. The molecule has 2 aromatic rings. The predicted molar refractivity (Wildman–Crippen MR) is 135 cm³/mol. The number of amides is 2. The summed E-state index contributed by atoms with van der Waals surface area (Å²) in [5, 5.41) is 4.33. The van der Waals surface area contributed by atoms with Gasteiger partial charge in [-0.3, -0.25) is 14.3 Å². The third kappa shape index (κ3) is 6.92. The van der Waals surface area contributed by atoms with Gasteiger partial charge in [-0.05, 0) is 61.1 Å². The van der Waals surface area contributed by atoms with Gasteiger partial charge in [0.25, 0.3) is 0 Å². The average Bonchev–Trinajstić information content (AvgIpc) is 3.37. The standard InChI is InChI=1S/C25H35FN6O4S/c1-19(33)30-11-7-21(8-12-30)25(16-32-18-27-17-28-32)9-13-31(14-10-25)24(34)23(29-37(2,35)36)15-20-3-5-22(26)6-4-20/h3-6,17-18,21,23,29H,7-16H2,1-2H3/t23-/m1/s1. The number of nitrogens with zero attached hydrogens (tertiary/aromatic N) is 5. The molecule has 3 heterocycles. The molecule has 12 heteroatoms. The summed E-state index contributed by atoms with van der Waals surface area (Å²) < 4.78 is 41.8. The summed E-state index contributed by atoms with van der Waals surface area (Å²) in [4.78, 5) is 33.1. The summed E-state index contributed by atoms with van der Waals surface area (Å²) in [6.07, 6.45) is 7.66. The highest BCUT2D eigenvalue weighted by molar-refractivity contribution is 7.88. The van der Waals surface area contributed by atoms with Gasteiger partial charge in [0.1, 0.15) is 24.5 Å². The number of carbonyl (C=O) groups excluding carboxylic acids is 2. The van der Waals surface area contributed by atoms with Crippen LogP contribution in [0.25, 0.3) is 0 Å². The number of likely N-dealkylation sites (tertiary alicyclic amines) is 2. The van der Waals surface area contributed by atoms with Gasteiger partial charge in [-0.25, -0.2) is 22.5 Å². The highest BCUT2D eigenvalue weighted by atomic mass is 32.2. The van der Waals surface area contributed by atoms with Crippen molar-refractivity contribution in [2.24, 2.45) is 11.3 Å². The third-order valence-corrected chi connectivity index (χ3v) is 8.54.